The normalized spacial score (nSPS) is 15.3. The Morgan fingerprint density at radius 3 is 2.58 bits per heavy atom. The first kappa shape index (κ1) is 12.2. The second-order valence-corrected chi connectivity index (χ2v) is 5.24. The van der Waals surface area contributed by atoms with Gasteiger partial charge < -0.3 is 5.73 Å². The molecule has 1 saturated carbocycles. The predicted octanol–water partition coefficient (Wildman–Crippen LogP) is 4.05. The SMILES string of the molecule is Cc1c(C2CCC2)ccc(-c2ccc(N)nc2)c1F. The van der Waals surface area contributed by atoms with Gasteiger partial charge in [-0.1, -0.05) is 18.6 Å². The summed E-state index contributed by atoms with van der Waals surface area (Å²) in [6.07, 6.45) is 5.25. The topological polar surface area (TPSA) is 38.9 Å². The Hall–Kier alpha value is -1.90. The molecule has 3 rings (SSSR count). The van der Waals surface area contributed by atoms with Crippen LogP contribution in [-0.2, 0) is 0 Å². The minimum Gasteiger partial charge on any atom is -0.384 e. The fourth-order valence-electron chi connectivity index (χ4n) is 2.65. The summed E-state index contributed by atoms with van der Waals surface area (Å²) >= 11 is 0. The molecule has 1 aliphatic carbocycles. The Morgan fingerprint density at radius 1 is 1.21 bits per heavy atom. The van der Waals surface area contributed by atoms with Gasteiger partial charge in [0.05, 0.1) is 0 Å². The summed E-state index contributed by atoms with van der Waals surface area (Å²) in [6.45, 7) is 1.87. The molecule has 0 bridgehead atoms. The van der Waals surface area contributed by atoms with Crippen molar-refractivity contribution in [3.63, 3.8) is 0 Å². The molecule has 19 heavy (non-hydrogen) atoms. The summed E-state index contributed by atoms with van der Waals surface area (Å²) in [4.78, 5) is 4.02. The second-order valence-electron chi connectivity index (χ2n) is 5.24. The van der Waals surface area contributed by atoms with Crippen molar-refractivity contribution in [2.45, 2.75) is 32.1 Å². The Bertz CT molecular complexity index is 601. The van der Waals surface area contributed by atoms with Crippen molar-refractivity contribution in [1.29, 1.82) is 0 Å². The van der Waals surface area contributed by atoms with E-state index in [2.05, 4.69) is 11.1 Å². The number of anilines is 1. The Morgan fingerprint density at radius 2 is 2.00 bits per heavy atom. The molecule has 1 heterocycles. The molecule has 1 aliphatic rings. The molecule has 2 nitrogen and oxygen atoms in total. The van der Waals surface area contributed by atoms with Gasteiger partial charge >= 0.3 is 0 Å². The van der Waals surface area contributed by atoms with Gasteiger partial charge in [-0.25, -0.2) is 9.37 Å². The molecule has 0 radical (unpaired) electrons. The molecule has 0 amide bonds. The summed E-state index contributed by atoms with van der Waals surface area (Å²) in [6, 6.07) is 7.43. The van der Waals surface area contributed by atoms with Crippen LogP contribution in [0.25, 0.3) is 11.1 Å². The van der Waals surface area contributed by atoms with Crippen LogP contribution < -0.4 is 5.73 Å². The molecule has 98 valence electrons. The van der Waals surface area contributed by atoms with Crippen LogP contribution in [0.1, 0.15) is 36.3 Å². The largest absolute Gasteiger partial charge is 0.384 e. The molecule has 0 unspecified atom stereocenters. The monoisotopic (exact) mass is 256 g/mol. The zero-order valence-corrected chi connectivity index (χ0v) is 11.0. The smallest absolute Gasteiger partial charge is 0.134 e. The average molecular weight is 256 g/mol. The molecule has 1 aromatic heterocycles. The van der Waals surface area contributed by atoms with Crippen molar-refractivity contribution < 1.29 is 4.39 Å². The van der Waals surface area contributed by atoms with E-state index in [0.717, 1.165) is 16.7 Å². The van der Waals surface area contributed by atoms with E-state index in [9.17, 15) is 4.39 Å². The highest BCUT2D eigenvalue weighted by atomic mass is 19.1. The van der Waals surface area contributed by atoms with E-state index in [1.807, 2.05) is 19.1 Å². The lowest BCUT2D eigenvalue weighted by Gasteiger charge is -2.27. The van der Waals surface area contributed by atoms with Crippen LogP contribution in [0.5, 0.6) is 0 Å². The lowest BCUT2D eigenvalue weighted by atomic mass is 9.78. The molecular formula is C16H17FN2. The number of benzene rings is 1. The van der Waals surface area contributed by atoms with E-state index in [0.29, 0.717) is 17.3 Å². The summed E-state index contributed by atoms with van der Waals surface area (Å²) in [5, 5.41) is 0. The fraction of sp³-hybridized carbons (Fsp3) is 0.312. The van der Waals surface area contributed by atoms with Gasteiger partial charge in [0.15, 0.2) is 0 Å². The van der Waals surface area contributed by atoms with Gasteiger partial charge in [-0.15, -0.1) is 0 Å². The van der Waals surface area contributed by atoms with E-state index < -0.39 is 0 Å². The Labute approximate surface area is 112 Å². The van der Waals surface area contributed by atoms with Crippen LogP contribution in [0.3, 0.4) is 0 Å². The number of hydrogen-bond acceptors (Lipinski definition) is 2. The molecule has 0 saturated heterocycles. The lowest BCUT2D eigenvalue weighted by Crippen LogP contribution is -2.11. The number of rotatable bonds is 2. The highest BCUT2D eigenvalue weighted by molar-refractivity contribution is 5.66. The minimum absolute atomic E-state index is 0.129. The summed E-state index contributed by atoms with van der Waals surface area (Å²) in [5.74, 6) is 0.871. The van der Waals surface area contributed by atoms with Crippen molar-refractivity contribution in [2.75, 3.05) is 5.73 Å². The van der Waals surface area contributed by atoms with Gasteiger partial charge in [0.1, 0.15) is 11.6 Å². The number of pyridine rings is 1. The average Bonchev–Trinajstić information content (AvgIpc) is 2.35. The third kappa shape index (κ3) is 2.09. The molecule has 0 aliphatic heterocycles. The highest BCUT2D eigenvalue weighted by Crippen LogP contribution is 2.40. The van der Waals surface area contributed by atoms with Gasteiger partial charge in [-0.05, 0) is 48.9 Å². The summed E-state index contributed by atoms with van der Waals surface area (Å²) < 4.78 is 14.5. The molecule has 1 aromatic carbocycles. The van der Waals surface area contributed by atoms with Crippen molar-refractivity contribution in [2.24, 2.45) is 0 Å². The number of halogens is 1. The molecule has 2 N–H and O–H groups in total. The quantitative estimate of drug-likeness (QED) is 0.880. The van der Waals surface area contributed by atoms with Gasteiger partial charge in [0.25, 0.3) is 0 Å². The second kappa shape index (κ2) is 4.65. The van der Waals surface area contributed by atoms with Crippen LogP contribution in [0.4, 0.5) is 10.2 Å². The molecule has 0 atom stereocenters. The first-order valence-corrected chi connectivity index (χ1v) is 6.67. The van der Waals surface area contributed by atoms with Crippen LogP contribution >= 0.6 is 0 Å². The van der Waals surface area contributed by atoms with Gasteiger partial charge in [0.2, 0.25) is 0 Å². The fourth-order valence-corrected chi connectivity index (χ4v) is 2.65. The van der Waals surface area contributed by atoms with E-state index in [1.54, 1.807) is 12.3 Å². The number of nitrogen functional groups attached to an aromatic ring is 1. The maximum Gasteiger partial charge on any atom is 0.134 e. The molecule has 2 aromatic rings. The van der Waals surface area contributed by atoms with E-state index in [1.165, 1.54) is 19.3 Å². The number of nitrogens with zero attached hydrogens (tertiary/aromatic N) is 1. The zero-order chi connectivity index (χ0) is 13.4. The van der Waals surface area contributed by atoms with Crippen LogP contribution in [0.15, 0.2) is 30.5 Å². The summed E-state index contributed by atoms with van der Waals surface area (Å²) in [7, 11) is 0. The molecule has 0 spiro atoms. The minimum atomic E-state index is -0.129. The molecular weight excluding hydrogens is 239 g/mol. The number of nitrogens with two attached hydrogens (primary N) is 1. The maximum atomic E-state index is 14.5. The third-order valence-electron chi connectivity index (χ3n) is 4.07. The van der Waals surface area contributed by atoms with Crippen LogP contribution in [-0.4, -0.2) is 4.98 Å². The zero-order valence-electron chi connectivity index (χ0n) is 11.0. The summed E-state index contributed by atoms with van der Waals surface area (Å²) in [5.41, 5.74) is 8.87. The highest BCUT2D eigenvalue weighted by Gasteiger charge is 2.23. The standard InChI is InChI=1S/C16H17FN2/c1-10-13(11-3-2-4-11)6-7-14(16(10)17)12-5-8-15(18)19-9-12/h5-9,11H,2-4H2,1H3,(H2,18,19). The number of hydrogen-bond donors (Lipinski definition) is 1. The van der Waals surface area contributed by atoms with Crippen LogP contribution in [0.2, 0.25) is 0 Å². The lowest BCUT2D eigenvalue weighted by molar-refractivity contribution is 0.416. The Kier molecular flexibility index (Phi) is 2.97. The predicted molar refractivity (Wildman–Crippen MR) is 75.4 cm³/mol. The Balaban J connectivity index is 2.03. The van der Waals surface area contributed by atoms with Gasteiger partial charge in [-0.2, -0.15) is 0 Å². The number of aromatic nitrogens is 1. The maximum absolute atomic E-state index is 14.5. The first-order chi connectivity index (χ1) is 9.16. The van der Waals surface area contributed by atoms with Gasteiger partial charge in [-0.3, -0.25) is 0 Å². The molecule has 1 fully saturated rings. The van der Waals surface area contributed by atoms with Crippen molar-refractivity contribution in [1.82, 2.24) is 4.98 Å². The van der Waals surface area contributed by atoms with Crippen molar-refractivity contribution in [3.8, 4) is 11.1 Å². The van der Waals surface area contributed by atoms with E-state index >= 15 is 0 Å². The first-order valence-electron chi connectivity index (χ1n) is 6.67. The van der Waals surface area contributed by atoms with E-state index in [-0.39, 0.29) is 5.82 Å². The molecule has 3 heteroatoms. The van der Waals surface area contributed by atoms with E-state index in [4.69, 9.17) is 5.73 Å². The van der Waals surface area contributed by atoms with Gasteiger partial charge in [0, 0.05) is 17.3 Å². The van der Waals surface area contributed by atoms with Crippen molar-refractivity contribution >= 4 is 5.82 Å². The van der Waals surface area contributed by atoms with Crippen LogP contribution in [0, 0.1) is 12.7 Å². The van der Waals surface area contributed by atoms with Crippen molar-refractivity contribution in [3.05, 3.63) is 47.4 Å². The third-order valence-corrected chi connectivity index (χ3v) is 4.07.